The van der Waals surface area contributed by atoms with Crippen LogP contribution in [0.15, 0.2) is 24.3 Å². The highest BCUT2D eigenvalue weighted by atomic mass is 32.1. The molecule has 2 N–H and O–H groups in total. The van der Waals surface area contributed by atoms with Crippen molar-refractivity contribution in [3.05, 3.63) is 50.7 Å². The van der Waals surface area contributed by atoms with Crippen molar-refractivity contribution in [2.75, 3.05) is 26.2 Å². The lowest BCUT2D eigenvalue weighted by atomic mass is 9.91. The Balaban J connectivity index is 1.50. The smallest absolute Gasteiger partial charge is 0.261 e. The zero-order chi connectivity index (χ0) is 21.8. The van der Waals surface area contributed by atoms with Gasteiger partial charge >= 0.3 is 0 Å². The monoisotopic (exact) mass is 430 g/mol. The van der Waals surface area contributed by atoms with Gasteiger partial charge in [0, 0.05) is 36.5 Å². The summed E-state index contributed by atoms with van der Waals surface area (Å²) in [5.41, 5.74) is 3.68. The SMILES string of the molecule is CCc1ccc(C(=O)NCC2CN(C(C)c3ccc(OC[C@@H](C)O)c(C)c3C)C2)s1. The van der Waals surface area contributed by atoms with Gasteiger partial charge in [0.15, 0.2) is 0 Å². The predicted molar refractivity (Wildman–Crippen MR) is 123 cm³/mol. The molecule has 1 aromatic heterocycles. The van der Waals surface area contributed by atoms with E-state index < -0.39 is 6.10 Å². The van der Waals surface area contributed by atoms with Gasteiger partial charge in [-0.25, -0.2) is 0 Å². The molecular weight excluding hydrogens is 396 g/mol. The molecule has 2 aromatic rings. The first-order valence-electron chi connectivity index (χ1n) is 10.8. The zero-order valence-electron chi connectivity index (χ0n) is 18.7. The maximum absolute atomic E-state index is 12.3. The number of hydrogen-bond donors (Lipinski definition) is 2. The minimum atomic E-state index is -0.477. The van der Waals surface area contributed by atoms with Crippen molar-refractivity contribution in [2.45, 2.75) is 53.2 Å². The average molecular weight is 431 g/mol. The highest BCUT2D eigenvalue weighted by molar-refractivity contribution is 7.14. The van der Waals surface area contributed by atoms with Crippen LogP contribution in [0.1, 0.15) is 58.1 Å². The molecule has 164 valence electrons. The largest absolute Gasteiger partial charge is 0.491 e. The Bertz CT molecular complexity index is 871. The number of aryl methyl sites for hydroxylation is 1. The predicted octanol–water partition coefficient (Wildman–Crippen LogP) is 4.11. The number of likely N-dealkylation sites (tertiary alicyclic amines) is 1. The third-order valence-electron chi connectivity index (χ3n) is 6.03. The number of hydrogen-bond acceptors (Lipinski definition) is 5. The van der Waals surface area contributed by atoms with E-state index in [2.05, 4.69) is 44.0 Å². The minimum Gasteiger partial charge on any atom is -0.491 e. The molecule has 0 radical (unpaired) electrons. The van der Waals surface area contributed by atoms with Crippen LogP contribution < -0.4 is 10.1 Å². The molecule has 1 aromatic carbocycles. The van der Waals surface area contributed by atoms with Gasteiger partial charge in [0.1, 0.15) is 12.4 Å². The van der Waals surface area contributed by atoms with Crippen LogP contribution in [0.2, 0.25) is 0 Å². The molecule has 1 amide bonds. The summed E-state index contributed by atoms with van der Waals surface area (Å²) < 4.78 is 5.73. The summed E-state index contributed by atoms with van der Waals surface area (Å²) >= 11 is 1.58. The number of carbonyl (C=O) groups excluding carboxylic acids is 1. The minimum absolute atomic E-state index is 0.0467. The van der Waals surface area contributed by atoms with Crippen molar-refractivity contribution < 1.29 is 14.6 Å². The molecule has 2 heterocycles. The Hall–Kier alpha value is -1.89. The van der Waals surface area contributed by atoms with Gasteiger partial charge in [-0.05, 0) is 69.0 Å². The van der Waals surface area contributed by atoms with E-state index in [1.165, 1.54) is 16.0 Å². The summed E-state index contributed by atoms with van der Waals surface area (Å²) in [7, 11) is 0. The molecule has 30 heavy (non-hydrogen) atoms. The van der Waals surface area contributed by atoms with Gasteiger partial charge in [0.2, 0.25) is 0 Å². The van der Waals surface area contributed by atoms with Gasteiger partial charge in [-0.3, -0.25) is 9.69 Å². The van der Waals surface area contributed by atoms with Crippen LogP contribution >= 0.6 is 11.3 Å². The molecule has 5 nitrogen and oxygen atoms in total. The second-order valence-corrected chi connectivity index (χ2v) is 9.56. The van der Waals surface area contributed by atoms with Gasteiger partial charge in [-0.1, -0.05) is 13.0 Å². The van der Waals surface area contributed by atoms with Crippen molar-refractivity contribution in [2.24, 2.45) is 5.92 Å². The molecule has 1 unspecified atom stereocenters. The van der Waals surface area contributed by atoms with Crippen LogP contribution in [0.3, 0.4) is 0 Å². The lowest BCUT2D eigenvalue weighted by molar-refractivity contribution is 0.0570. The van der Waals surface area contributed by atoms with Gasteiger partial charge in [0.05, 0.1) is 11.0 Å². The van der Waals surface area contributed by atoms with E-state index in [-0.39, 0.29) is 5.91 Å². The normalized spacial score (nSPS) is 16.7. The number of aliphatic hydroxyl groups is 1. The summed E-state index contributed by atoms with van der Waals surface area (Å²) in [5.74, 6) is 1.39. The lowest BCUT2D eigenvalue weighted by Gasteiger charge is -2.44. The number of amides is 1. The summed E-state index contributed by atoms with van der Waals surface area (Å²) in [4.78, 5) is 16.8. The van der Waals surface area contributed by atoms with Crippen molar-refractivity contribution >= 4 is 17.2 Å². The van der Waals surface area contributed by atoms with Crippen molar-refractivity contribution in [1.29, 1.82) is 0 Å². The number of aliphatic hydroxyl groups excluding tert-OH is 1. The second kappa shape index (κ2) is 9.94. The fourth-order valence-electron chi connectivity index (χ4n) is 3.90. The number of rotatable bonds is 9. The first-order chi connectivity index (χ1) is 14.3. The molecule has 3 rings (SSSR count). The fourth-order valence-corrected chi connectivity index (χ4v) is 4.77. The standard InChI is InChI=1S/C24H34N2O3S/c1-6-20-7-10-23(30-20)24(28)25-11-19-12-26(13-19)18(5)21-8-9-22(17(4)16(21)3)29-14-15(2)27/h7-10,15,18-19,27H,6,11-14H2,1-5H3,(H,25,28)/t15-,18?/m1/s1. The molecule has 2 atom stereocenters. The third-order valence-corrected chi connectivity index (χ3v) is 7.26. The molecule has 0 bridgehead atoms. The molecule has 0 spiro atoms. The number of benzene rings is 1. The van der Waals surface area contributed by atoms with E-state index in [1.54, 1.807) is 18.3 Å². The number of ether oxygens (including phenoxy) is 1. The Morgan fingerprint density at radius 2 is 1.97 bits per heavy atom. The average Bonchev–Trinajstić information content (AvgIpc) is 3.16. The molecule has 1 saturated heterocycles. The first-order valence-corrected chi connectivity index (χ1v) is 11.6. The summed E-state index contributed by atoms with van der Waals surface area (Å²) in [6, 6.07) is 8.44. The molecule has 0 saturated carbocycles. The maximum Gasteiger partial charge on any atom is 0.261 e. The number of nitrogens with one attached hydrogen (secondary N) is 1. The van der Waals surface area contributed by atoms with E-state index in [9.17, 15) is 9.90 Å². The van der Waals surface area contributed by atoms with E-state index in [0.717, 1.165) is 42.2 Å². The van der Waals surface area contributed by atoms with Crippen LogP contribution in [-0.4, -0.2) is 48.3 Å². The van der Waals surface area contributed by atoms with Crippen molar-refractivity contribution in [3.63, 3.8) is 0 Å². The van der Waals surface area contributed by atoms with Crippen LogP contribution in [0, 0.1) is 19.8 Å². The Kier molecular flexibility index (Phi) is 7.55. The first kappa shape index (κ1) is 22.8. The summed E-state index contributed by atoms with van der Waals surface area (Å²) in [6.45, 7) is 13.3. The molecule has 1 fully saturated rings. The topological polar surface area (TPSA) is 61.8 Å². The van der Waals surface area contributed by atoms with Crippen molar-refractivity contribution in [1.82, 2.24) is 10.2 Å². The number of thiophene rings is 1. The van der Waals surface area contributed by atoms with Crippen LogP contribution in [0.5, 0.6) is 5.75 Å². The highest BCUT2D eigenvalue weighted by Gasteiger charge is 2.32. The van der Waals surface area contributed by atoms with Gasteiger partial charge in [0.25, 0.3) is 5.91 Å². The van der Waals surface area contributed by atoms with E-state index in [0.29, 0.717) is 18.6 Å². The summed E-state index contributed by atoms with van der Waals surface area (Å²) in [6.07, 6.45) is 0.496. The number of nitrogens with zero attached hydrogens (tertiary/aromatic N) is 1. The van der Waals surface area contributed by atoms with E-state index in [1.807, 2.05) is 18.2 Å². The highest BCUT2D eigenvalue weighted by Crippen LogP contribution is 2.34. The molecule has 1 aliphatic heterocycles. The second-order valence-electron chi connectivity index (χ2n) is 8.39. The van der Waals surface area contributed by atoms with Crippen LogP contribution in [0.25, 0.3) is 0 Å². The van der Waals surface area contributed by atoms with Crippen LogP contribution in [-0.2, 0) is 6.42 Å². The van der Waals surface area contributed by atoms with Gasteiger partial charge in [-0.15, -0.1) is 11.3 Å². The molecular formula is C24H34N2O3S. The number of carbonyl (C=O) groups is 1. The van der Waals surface area contributed by atoms with Gasteiger partial charge in [-0.2, -0.15) is 0 Å². The zero-order valence-corrected chi connectivity index (χ0v) is 19.5. The Morgan fingerprint density at radius 1 is 1.23 bits per heavy atom. The summed E-state index contributed by atoms with van der Waals surface area (Å²) in [5, 5.41) is 12.5. The van der Waals surface area contributed by atoms with E-state index in [4.69, 9.17) is 4.74 Å². The molecule has 0 aliphatic carbocycles. The quantitative estimate of drug-likeness (QED) is 0.629. The Morgan fingerprint density at radius 3 is 2.60 bits per heavy atom. The molecule has 1 aliphatic rings. The van der Waals surface area contributed by atoms with E-state index >= 15 is 0 Å². The van der Waals surface area contributed by atoms with Gasteiger partial charge < -0.3 is 15.2 Å². The molecule has 6 heteroatoms. The van der Waals surface area contributed by atoms with Crippen LogP contribution in [0.4, 0.5) is 0 Å². The van der Waals surface area contributed by atoms with Crippen molar-refractivity contribution in [3.8, 4) is 5.75 Å². The fraction of sp³-hybridized carbons (Fsp3) is 0.542. The maximum atomic E-state index is 12.3. The Labute approximate surface area is 184 Å². The lowest BCUT2D eigenvalue weighted by Crippen LogP contribution is -2.52. The third kappa shape index (κ3) is 5.23.